The molecule has 2 aromatic rings. The Balaban J connectivity index is 2.10. The minimum Gasteiger partial charge on any atom is -0.492 e. The van der Waals surface area contributed by atoms with Crippen molar-refractivity contribution in [1.82, 2.24) is 4.98 Å². The van der Waals surface area contributed by atoms with Crippen molar-refractivity contribution in [3.8, 4) is 5.75 Å². The highest BCUT2D eigenvalue weighted by Crippen LogP contribution is 2.24. The van der Waals surface area contributed by atoms with Crippen molar-refractivity contribution in [1.29, 1.82) is 0 Å². The zero-order valence-corrected chi connectivity index (χ0v) is 11.8. The summed E-state index contributed by atoms with van der Waals surface area (Å²) in [6.07, 6.45) is 1.62. The first-order valence-corrected chi connectivity index (χ1v) is 6.63. The first-order chi connectivity index (χ1) is 10.2. The lowest BCUT2D eigenvalue weighted by molar-refractivity contribution is 0.318. The second kappa shape index (κ2) is 7.14. The first-order valence-electron chi connectivity index (χ1n) is 6.63. The van der Waals surface area contributed by atoms with Crippen LogP contribution in [0.5, 0.6) is 5.75 Å². The highest BCUT2D eigenvalue weighted by atomic mass is 16.5. The number of benzene rings is 1. The summed E-state index contributed by atoms with van der Waals surface area (Å²) in [5.41, 5.74) is 7.86. The number of nitrogens with one attached hydrogen (secondary N) is 1. The third-order valence-corrected chi connectivity index (χ3v) is 2.86. The maximum Gasteiger partial charge on any atom is 0.188 e. The van der Waals surface area contributed by atoms with Gasteiger partial charge >= 0.3 is 0 Å². The Morgan fingerprint density at radius 1 is 1.38 bits per heavy atom. The van der Waals surface area contributed by atoms with Crippen LogP contribution < -0.4 is 15.8 Å². The third kappa shape index (κ3) is 3.85. The van der Waals surface area contributed by atoms with Crippen molar-refractivity contribution in [2.45, 2.75) is 13.5 Å². The number of hydrogen-bond acceptors (Lipinski definition) is 5. The van der Waals surface area contributed by atoms with Gasteiger partial charge in [-0.15, -0.1) is 0 Å². The molecule has 0 saturated heterocycles. The number of ether oxygens (including phenoxy) is 1. The van der Waals surface area contributed by atoms with Crippen LogP contribution in [0, 0.1) is 0 Å². The molecule has 0 aliphatic rings. The summed E-state index contributed by atoms with van der Waals surface area (Å²) in [6, 6.07) is 11.4. The second-order valence-corrected chi connectivity index (χ2v) is 4.32. The SMILES string of the molecule is CCOc1ccccc1NCc1ccnc(C(N)=NO)c1. The largest absolute Gasteiger partial charge is 0.492 e. The average molecular weight is 286 g/mol. The van der Waals surface area contributed by atoms with Crippen LogP contribution in [-0.4, -0.2) is 22.6 Å². The predicted molar refractivity (Wildman–Crippen MR) is 81.7 cm³/mol. The molecule has 0 atom stereocenters. The van der Waals surface area contributed by atoms with Crippen LogP contribution in [0.2, 0.25) is 0 Å². The number of aromatic nitrogens is 1. The topological polar surface area (TPSA) is 92.8 Å². The van der Waals surface area contributed by atoms with Crippen molar-refractivity contribution < 1.29 is 9.94 Å². The van der Waals surface area contributed by atoms with Gasteiger partial charge in [-0.1, -0.05) is 17.3 Å². The summed E-state index contributed by atoms with van der Waals surface area (Å²) in [7, 11) is 0. The van der Waals surface area contributed by atoms with Gasteiger partial charge in [-0.05, 0) is 36.8 Å². The van der Waals surface area contributed by atoms with Crippen LogP contribution in [0.4, 0.5) is 5.69 Å². The van der Waals surface area contributed by atoms with Gasteiger partial charge in [-0.2, -0.15) is 0 Å². The summed E-state index contributed by atoms with van der Waals surface area (Å²) in [5, 5.41) is 14.9. The molecule has 4 N–H and O–H groups in total. The zero-order chi connectivity index (χ0) is 15.1. The molecular weight excluding hydrogens is 268 g/mol. The highest BCUT2D eigenvalue weighted by Gasteiger charge is 2.04. The van der Waals surface area contributed by atoms with Crippen LogP contribution >= 0.6 is 0 Å². The molecule has 1 aromatic carbocycles. The van der Waals surface area contributed by atoms with E-state index in [-0.39, 0.29) is 5.84 Å². The molecule has 6 heteroatoms. The molecule has 1 heterocycles. The van der Waals surface area contributed by atoms with E-state index in [2.05, 4.69) is 15.5 Å². The van der Waals surface area contributed by atoms with Gasteiger partial charge in [0.05, 0.1) is 12.3 Å². The molecule has 0 saturated carbocycles. The second-order valence-electron chi connectivity index (χ2n) is 4.32. The van der Waals surface area contributed by atoms with Gasteiger partial charge in [-0.3, -0.25) is 4.98 Å². The average Bonchev–Trinajstić information content (AvgIpc) is 2.54. The smallest absolute Gasteiger partial charge is 0.188 e. The van der Waals surface area contributed by atoms with Gasteiger partial charge in [0.15, 0.2) is 5.84 Å². The predicted octanol–water partition coefficient (Wildman–Crippen LogP) is 2.19. The van der Waals surface area contributed by atoms with Gasteiger partial charge in [-0.25, -0.2) is 0 Å². The van der Waals surface area contributed by atoms with Crippen LogP contribution in [-0.2, 0) is 6.54 Å². The number of pyridine rings is 1. The maximum atomic E-state index is 8.67. The van der Waals surface area contributed by atoms with E-state index in [9.17, 15) is 0 Å². The third-order valence-electron chi connectivity index (χ3n) is 2.86. The van der Waals surface area contributed by atoms with E-state index in [4.69, 9.17) is 15.7 Å². The standard InChI is InChI=1S/C15H18N4O2/c1-2-21-14-6-4-3-5-12(14)18-10-11-7-8-17-13(9-11)15(16)19-20/h3-9,18,20H,2,10H2,1H3,(H2,16,19). The minimum atomic E-state index is -0.00781. The molecule has 0 radical (unpaired) electrons. The van der Waals surface area contributed by atoms with E-state index in [1.54, 1.807) is 12.3 Å². The van der Waals surface area contributed by atoms with E-state index in [0.29, 0.717) is 18.8 Å². The number of oxime groups is 1. The molecule has 110 valence electrons. The van der Waals surface area contributed by atoms with Crippen molar-refractivity contribution in [2.24, 2.45) is 10.9 Å². The summed E-state index contributed by atoms with van der Waals surface area (Å²) in [4.78, 5) is 4.04. The molecule has 2 rings (SSSR count). The van der Waals surface area contributed by atoms with Gasteiger partial charge in [0.1, 0.15) is 11.4 Å². The monoisotopic (exact) mass is 286 g/mol. The number of para-hydroxylation sites is 2. The Kier molecular flexibility index (Phi) is 4.98. The molecule has 0 amide bonds. The number of anilines is 1. The zero-order valence-electron chi connectivity index (χ0n) is 11.8. The van der Waals surface area contributed by atoms with E-state index >= 15 is 0 Å². The molecule has 0 aliphatic heterocycles. The van der Waals surface area contributed by atoms with Crippen molar-refractivity contribution in [3.63, 3.8) is 0 Å². The van der Waals surface area contributed by atoms with E-state index < -0.39 is 0 Å². The fraction of sp³-hybridized carbons (Fsp3) is 0.200. The molecule has 0 unspecified atom stereocenters. The fourth-order valence-corrected chi connectivity index (χ4v) is 1.87. The molecule has 0 spiro atoms. The van der Waals surface area contributed by atoms with E-state index in [0.717, 1.165) is 17.0 Å². The Bertz CT molecular complexity index is 629. The number of amidine groups is 1. The van der Waals surface area contributed by atoms with Crippen LogP contribution in [0.1, 0.15) is 18.2 Å². The molecule has 21 heavy (non-hydrogen) atoms. The number of rotatable bonds is 6. The molecule has 0 fully saturated rings. The van der Waals surface area contributed by atoms with E-state index in [1.165, 1.54) is 0 Å². The maximum absolute atomic E-state index is 8.67. The lowest BCUT2D eigenvalue weighted by atomic mass is 10.2. The van der Waals surface area contributed by atoms with Crippen LogP contribution in [0.3, 0.4) is 0 Å². The molecule has 6 nitrogen and oxygen atoms in total. The van der Waals surface area contributed by atoms with E-state index in [1.807, 2.05) is 37.3 Å². The van der Waals surface area contributed by atoms with Gasteiger partial charge in [0.25, 0.3) is 0 Å². The summed E-state index contributed by atoms with van der Waals surface area (Å²) in [5.74, 6) is 0.803. The Hall–Kier alpha value is -2.76. The molecular formula is C15H18N4O2. The molecule has 1 aromatic heterocycles. The first kappa shape index (κ1) is 14.6. The minimum absolute atomic E-state index is 0.00781. The number of hydrogen-bond donors (Lipinski definition) is 3. The van der Waals surface area contributed by atoms with Gasteiger partial charge in [0, 0.05) is 12.7 Å². The van der Waals surface area contributed by atoms with Crippen LogP contribution in [0.15, 0.2) is 47.8 Å². The Labute approximate surface area is 123 Å². The quantitative estimate of drug-likeness (QED) is 0.327. The summed E-state index contributed by atoms with van der Waals surface area (Å²) < 4.78 is 5.56. The van der Waals surface area contributed by atoms with Crippen molar-refractivity contribution >= 4 is 11.5 Å². The van der Waals surface area contributed by atoms with Crippen LogP contribution in [0.25, 0.3) is 0 Å². The lowest BCUT2D eigenvalue weighted by Gasteiger charge is -2.12. The van der Waals surface area contributed by atoms with Crippen molar-refractivity contribution in [3.05, 3.63) is 53.9 Å². The van der Waals surface area contributed by atoms with Gasteiger partial charge in [0.2, 0.25) is 0 Å². The summed E-state index contributed by atoms with van der Waals surface area (Å²) in [6.45, 7) is 3.14. The summed E-state index contributed by atoms with van der Waals surface area (Å²) >= 11 is 0. The molecule has 0 bridgehead atoms. The molecule has 0 aliphatic carbocycles. The lowest BCUT2D eigenvalue weighted by Crippen LogP contribution is -2.15. The highest BCUT2D eigenvalue weighted by molar-refractivity contribution is 5.95. The number of nitrogens with two attached hydrogens (primary N) is 1. The Morgan fingerprint density at radius 2 is 2.19 bits per heavy atom. The normalized spacial score (nSPS) is 11.2. The Morgan fingerprint density at radius 3 is 2.95 bits per heavy atom. The van der Waals surface area contributed by atoms with Crippen molar-refractivity contribution in [2.75, 3.05) is 11.9 Å². The fourth-order valence-electron chi connectivity index (χ4n) is 1.87. The number of nitrogens with zero attached hydrogens (tertiary/aromatic N) is 2. The van der Waals surface area contributed by atoms with Gasteiger partial charge < -0.3 is 21.0 Å².